The Bertz CT molecular complexity index is 2000. The number of hydrogen-bond acceptors (Lipinski definition) is 8. The number of allylic oxidation sites excluding steroid dienone is 2. The van der Waals surface area contributed by atoms with E-state index in [4.69, 9.17) is 0 Å². The van der Waals surface area contributed by atoms with Gasteiger partial charge in [0.05, 0.1) is 36.0 Å². The Balaban J connectivity index is 0.000000228. The average Bonchev–Trinajstić information content (AvgIpc) is 3.59. The Hall–Kier alpha value is -5.24. The van der Waals surface area contributed by atoms with E-state index in [9.17, 15) is 65.3 Å². The molecule has 2 aromatic heterocycles. The topological polar surface area (TPSA) is 183 Å². The minimum Gasteiger partial charge on any atom is -0.396 e. The fraction of sp³-hybridized carbons (Fsp3) is 0.550. The van der Waals surface area contributed by atoms with Crippen molar-refractivity contribution in [3.05, 3.63) is 79.6 Å². The predicted octanol–water partition coefficient (Wildman–Crippen LogP) is 2.92. The van der Waals surface area contributed by atoms with E-state index in [1.807, 2.05) is 10.6 Å². The number of halogens is 6. The van der Waals surface area contributed by atoms with Crippen molar-refractivity contribution in [1.82, 2.24) is 29.6 Å². The highest BCUT2D eigenvalue weighted by Gasteiger charge is 2.58. The highest BCUT2D eigenvalue weighted by atomic mass is 19.4. The lowest BCUT2D eigenvalue weighted by Gasteiger charge is -2.38. The van der Waals surface area contributed by atoms with Gasteiger partial charge in [0, 0.05) is 73.5 Å². The van der Waals surface area contributed by atoms with E-state index in [0.717, 1.165) is 0 Å². The van der Waals surface area contributed by atoms with Gasteiger partial charge in [-0.05, 0) is 38.1 Å². The molecule has 6 heterocycles. The first-order valence-electron chi connectivity index (χ1n) is 19.5. The van der Waals surface area contributed by atoms with E-state index < -0.39 is 98.3 Å². The van der Waals surface area contributed by atoms with Gasteiger partial charge in [-0.3, -0.25) is 28.8 Å². The summed E-state index contributed by atoms with van der Waals surface area (Å²) < 4.78 is 78.8. The molecule has 2 fully saturated rings. The Kier molecular flexibility index (Phi) is 13.9. The molecule has 0 unspecified atom stereocenters. The lowest BCUT2D eigenvalue weighted by atomic mass is 9.86. The van der Waals surface area contributed by atoms with E-state index in [0.29, 0.717) is 22.5 Å². The van der Waals surface area contributed by atoms with Crippen LogP contribution in [0.1, 0.15) is 75.1 Å². The van der Waals surface area contributed by atoms with Crippen LogP contribution in [0, 0.1) is 23.7 Å². The summed E-state index contributed by atoms with van der Waals surface area (Å²) in [5.41, 5.74) is 1.00. The quantitative estimate of drug-likeness (QED) is 0.263. The van der Waals surface area contributed by atoms with E-state index in [1.54, 1.807) is 76.3 Å². The number of aliphatic hydroxyl groups is 2. The third kappa shape index (κ3) is 8.80. The average molecular weight is 855 g/mol. The molecule has 4 N–H and O–H groups in total. The normalized spacial score (nSPS) is 25.5. The number of alkyl halides is 6. The number of carbonyl (C=O) groups is 4. The monoisotopic (exact) mass is 854 g/mol. The summed E-state index contributed by atoms with van der Waals surface area (Å²) in [5, 5.41) is 23.7. The molecule has 0 saturated carbocycles. The van der Waals surface area contributed by atoms with Crippen LogP contribution in [0.5, 0.6) is 0 Å². The Labute approximate surface area is 340 Å². The number of aliphatic hydroxyl groups excluding tert-OH is 2. The lowest BCUT2D eigenvalue weighted by molar-refractivity contribution is -0.143. The number of fused-ring (bicyclic) bond motifs is 8. The van der Waals surface area contributed by atoms with Crippen molar-refractivity contribution >= 4 is 35.8 Å². The molecule has 4 aliphatic rings. The molecular weight excluding hydrogens is 806 g/mol. The van der Waals surface area contributed by atoms with Gasteiger partial charge in [-0.15, -0.1) is 0 Å². The van der Waals surface area contributed by atoms with Gasteiger partial charge in [0.15, 0.2) is 0 Å². The van der Waals surface area contributed by atoms with E-state index in [1.165, 1.54) is 18.9 Å². The van der Waals surface area contributed by atoms with E-state index in [2.05, 4.69) is 0 Å². The van der Waals surface area contributed by atoms with Crippen molar-refractivity contribution in [1.29, 1.82) is 0 Å². The van der Waals surface area contributed by atoms with Crippen LogP contribution in [-0.4, -0.2) is 104 Å². The van der Waals surface area contributed by atoms with Crippen LogP contribution in [0.2, 0.25) is 0 Å². The van der Waals surface area contributed by atoms with Gasteiger partial charge in [-0.25, -0.2) is 0 Å². The number of amides is 4. The Morgan fingerprint density at radius 3 is 1.30 bits per heavy atom. The number of nitrogens with zero attached hydrogens (tertiary/aromatic N) is 4. The summed E-state index contributed by atoms with van der Waals surface area (Å²) in [4.78, 5) is 79.6. The first kappa shape index (κ1) is 45.8. The summed E-state index contributed by atoms with van der Waals surface area (Å²) in [6, 6.07) is 3.21. The number of hydrogen-bond donors (Lipinski definition) is 4. The second-order valence-corrected chi connectivity index (χ2v) is 15.0. The lowest BCUT2D eigenvalue weighted by Crippen LogP contribution is -2.49. The maximum absolute atomic E-state index is 12.9. The molecule has 60 heavy (non-hydrogen) atoms. The van der Waals surface area contributed by atoms with Crippen molar-refractivity contribution < 1.29 is 55.7 Å². The molecule has 4 aliphatic heterocycles. The highest BCUT2D eigenvalue weighted by Crippen LogP contribution is 2.50. The molecule has 14 nitrogen and oxygen atoms in total. The molecule has 4 amide bonds. The van der Waals surface area contributed by atoms with Gasteiger partial charge in [0.2, 0.25) is 23.6 Å². The van der Waals surface area contributed by atoms with Crippen LogP contribution in [0.25, 0.3) is 12.2 Å². The molecule has 20 heteroatoms. The molecule has 0 aromatic carbocycles. The van der Waals surface area contributed by atoms with Gasteiger partial charge in [-0.1, -0.05) is 38.2 Å². The third-order valence-corrected chi connectivity index (χ3v) is 11.6. The molecule has 0 spiro atoms. The van der Waals surface area contributed by atoms with Crippen molar-refractivity contribution in [3.63, 3.8) is 0 Å². The van der Waals surface area contributed by atoms with Crippen molar-refractivity contribution in [2.75, 3.05) is 26.3 Å². The minimum absolute atomic E-state index is 0.0656. The standard InChI is InChI=1S/2C20H24F3N3O4/c2*1-3-5-11-6-7-13-17-16(18(29)24-10-20(21,22)23)12(9-27)14(8-25(13)19(11)30)26(17)15(28)4-2/h2*3,5-7,12,14,16-17,27H,4,8-10H2,1-2H3,(H,24,29)/b5-3+;5-3-/t2*12-,14-,16+,17+/m00/s1. The number of pyridine rings is 2. The summed E-state index contributed by atoms with van der Waals surface area (Å²) in [6.45, 7) is 2.93. The molecule has 328 valence electrons. The first-order valence-corrected chi connectivity index (χ1v) is 19.5. The third-order valence-electron chi connectivity index (χ3n) is 11.6. The van der Waals surface area contributed by atoms with Crippen LogP contribution in [0.4, 0.5) is 26.3 Å². The largest absolute Gasteiger partial charge is 0.405 e. The van der Waals surface area contributed by atoms with E-state index >= 15 is 0 Å². The highest BCUT2D eigenvalue weighted by molar-refractivity contribution is 5.85. The maximum Gasteiger partial charge on any atom is 0.405 e. The van der Waals surface area contributed by atoms with Gasteiger partial charge >= 0.3 is 12.4 Å². The number of carbonyl (C=O) groups excluding carboxylic acids is 4. The summed E-state index contributed by atoms with van der Waals surface area (Å²) in [6.07, 6.45) is -2.24. The van der Waals surface area contributed by atoms with Crippen molar-refractivity contribution in [3.8, 4) is 0 Å². The maximum atomic E-state index is 12.9. The number of aromatic nitrogens is 2. The molecule has 8 atom stereocenters. The summed E-state index contributed by atoms with van der Waals surface area (Å²) >= 11 is 0. The molecule has 2 aromatic rings. The second-order valence-electron chi connectivity index (χ2n) is 15.0. The zero-order valence-corrected chi connectivity index (χ0v) is 33.3. The van der Waals surface area contributed by atoms with Crippen LogP contribution in [-0.2, 0) is 32.3 Å². The molecule has 0 radical (unpaired) electrons. The van der Waals surface area contributed by atoms with Crippen LogP contribution >= 0.6 is 0 Å². The Morgan fingerprint density at radius 2 is 1.02 bits per heavy atom. The summed E-state index contributed by atoms with van der Waals surface area (Å²) in [7, 11) is 0. The SMILES string of the molecule is C/C=C/c1ccc2n(c1=O)C[C@H]1[C@H](CO)[C@@H](C(=O)NCC(F)(F)F)[C@@H]2N1C(=O)CC.C/C=C\c1ccc2n(c1=O)C[C@H]1[C@H](CO)[C@@H](C(=O)NCC(F)(F)F)[C@@H]2N1C(=O)CC. The Morgan fingerprint density at radius 1 is 0.667 bits per heavy atom. The minimum atomic E-state index is -4.59. The van der Waals surface area contributed by atoms with Crippen molar-refractivity contribution in [2.45, 2.75) is 90.1 Å². The fourth-order valence-electron chi connectivity index (χ4n) is 9.12. The fourth-order valence-corrected chi connectivity index (χ4v) is 9.12. The van der Waals surface area contributed by atoms with Crippen LogP contribution < -0.4 is 21.8 Å². The van der Waals surface area contributed by atoms with E-state index in [-0.39, 0.29) is 48.9 Å². The van der Waals surface area contributed by atoms with Gasteiger partial charge < -0.3 is 39.8 Å². The molecule has 0 aliphatic carbocycles. The number of nitrogens with one attached hydrogen (secondary N) is 2. The second kappa shape index (κ2) is 18.2. The van der Waals surface area contributed by atoms with Crippen molar-refractivity contribution in [2.24, 2.45) is 23.7 Å². The van der Waals surface area contributed by atoms with Gasteiger partial charge in [-0.2, -0.15) is 26.3 Å². The zero-order valence-electron chi connectivity index (χ0n) is 33.3. The van der Waals surface area contributed by atoms with Crippen LogP contribution in [0.15, 0.2) is 46.0 Å². The van der Waals surface area contributed by atoms with Crippen LogP contribution in [0.3, 0.4) is 0 Å². The first-order chi connectivity index (χ1) is 28.3. The summed E-state index contributed by atoms with van der Waals surface area (Å²) in [5.74, 6) is -6.14. The number of rotatable bonds is 10. The van der Waals surface area contributed by atoms with Gasteiger partial charge in [0.1, 0.15) is 13.1 Å². The predicted molar refractivity (Wildman–Crippen MR) is 204 cm³/mol. The molecule has 4 bridgehead atoms. The smallest absolute Gasteiger partial charge is 0.396 e. The molecule has 6 rings (SSSR count). The molecule has 2 saturated heterocycles. The van der Waals surface area contributed by atoms with Gasteiger partial charge in [0.25, 0.3) is 11.1 Å². The zero-order chi connectivity index (χ0) is 44.4. The molecular formula is C40H48F6N6O8.